The van der Waals surface area contributed by atoms with Gasteiger partial charge in [-0.3, -0.25) is 10.1 Å². The van der Waals surface area contributed by atoms with Crippen LogP contribution in [-0.4, -0.2) is 25.2 Å². The van der Waals surface area contributed by atoms with Gasteiger partial charge < -0.3 is 4.90 Å². The van der Waals surface area contributed by atoms with Gasteiger partial charge in [0.15, 0.2) is 0 Å². The molecule has 2 aromatic rings. The number of non-ortho nitro benzene ring substituents is 1. The van der Waals surface area contributed by atoms with Gasteiger partial charge in [0.2, 0.25) is 0 Å². The van der Waals surface area contributed by atoms with Crippen LogP contribution in [0.2, 0.25) is 0 Å². The monoisotopic (exact) mass is 297 g/mol. The summed E-state index contributed by atoms with van der Waals surface area (Å²) in [7, 11) is 3.93. The second-order valence-electron chi connectivity index (χ2n) is 4.69. The van der Waals surface area contributed by atoms with Gasteiger partial charge in [0.05, 0.1) is 16.8 Å². The van der Waals surface area contributed by atoms with E-state index in [9.17, 15) is 10.1 Å². The van der Waals surface area contributed by atoms with Crippen LogP contribution in [0.4, 0.5) is 17.1 Å². The van der Waals surface area contributed by atoms with Crippen LogP contribution in [0.25, 0.3) is 0 Å². The summed E-state index contributed by atoms with van der Waals surface area (Å²) in [4.78, 5) is 12.1. The molecule has 0 saturated heterocycles. The minimum Gasteiger partial charge on any atom is -0.378 e. The Morgan fingerprint density at radius 3 is 2.23 bits per heavy atom. The molecule has 0 N–H and O–H groups in total. The van der Waals surface area contributed by atoms with Crippen molar-refractivity contribution in [2.24, 2.45) is 15.4 Å². The molecule has 7 heteroatoms. The Kier molecular flexibility index (Phi) is 4.92. The van der Waals surface area contributed by atoms with Crippen LogP contribution in [0.3, 0.4) is 0 Å². The molecule has 0 bridgehead atoms. The van der Waals surface area contributed by atoms with E-state index in [-0.39, 0.29) is 5.69 Å². The van der Waals surface area contributed by atoms with Gasteiger partial charge >= 0.3 is 0 Å². The normalized spacial score (nSPS) is 11.2. The summed E-state index contributed by atoms with van der Waals surface area (Å²) in [5, 5.41) is 22.0. The van der Waals surface area contributed by atoms with Gasteiger partial charge in [0, 0.05) is 31.9 Å². The lowest BCUT2D eigenvalue weighted by molar-refractivity contribution is -0.384. The molecule has 2 aromatic carbocycles. The highest BCUT2D eigenvalue weighted by Crippen LogP contribution is 2.18. The molecule has 7 nitrogen and oxygen atoms in total. The van der Waals surface area contributed by atoms with Crippen LogP contribution in [-0.2, 0) is 0 Å². The van der Waals surface area contributed by atoms with E-state index in [0.717, 1.165) is 5.69 Å². The number of benzene rings is 2. The van der Waals surface area contributed by atoms with Crippen molar-refractivity contribution in [2.75, 3.05) is 19.0 Å². The van der Waals surface area contributed by atoms with Gasteiger partial charge in [-0.25, -0.2) is 0 Å². The van der Waals surface area contributed by atoms with Crippen molar-refractivity contribution in [1.82, 2.24) is 0 Å². The average molecular weight is 297 g/mol. The zero-order valence-electron chi connectivity index (χ0n) is 12.2. The standard InChI is InChI=1S/C15H15N5O2/c1-19(2)14-9-5-13(6-10-14)17-18-16-11-12-3-7-15(8-4-12)20(21)22/h3-11H,1-2H3/b16-11+,18-17?. The summed E-state index contributed by atoms with van der Waals surface area (Å²) in [6, 6.07) is 13.6. The zero-order chi connectivity index (χ0) is 15.9. The Labute approximate surface area is 127 Å². The zero-order valence-corrected chi connectivity index (χ0v) is 12.2. The number of nitro groups is 1. The maximum absolute atomic E-state index is 10.5. The molecule has 0 aliphatic heterocycles. The summed E-state index contributed by atoms with van der Waals surface area (Å²) >= 11 is 0. The quantitative estimate of drug-likeness (QED) is 0.364. The average Bonchev–Trinajstić information content (AvgIpc) is 2.52. The molecule has 0 saturated carbocycles. The summed E-state index contributed by atoms with van der Waals surface area (Å²) in [6.45, 7) is 0. The first-order valence-corrected chi connectivity index (χ1v) is 6.52. The van der Waals surface area contributed by atoms with Gasteiger partial charge in [-0.2, -0.15) is 0 Å². The Morgan fingerprint density at radius 1 is 1.05 bits per heavy atom. The molecule has 0 heterocycles. The van der Waals surface area contributed by atoms with Crippen LogP contribution in [0.1, 0.15) is 5.56 Å². The van der Waals surface area contributed by atoms with Crippen molar-refractivity contribution in [3.05, 3.63) is 64.2 Å². The number of nitrogens with zero attached hydrogens (tertiary/aromatic N) is 5. The SMILES string of the molecule is CN(C)c1ccc(N=N/N=C/c2ccc([N+](=O)[O-])cc2)cc1. The Hall–Kier alpha value is -3.09. The molecule has 2 rings (SSSR count). The predicted octanol–water partition coefficient (Wildman–Crippen LogP) is 3.78. The van der Waals surface area contributed by atoms with Crippen molar-refractivity contribution in [2.45, 2.75) is 0 Å². The van der Waals surface area contributed by atoms with Gasteiger partial charge in [0.1, 0.15) is 0 Å². The first kappa shape index (κ1) is 15.3. The molecule has 0 spiro atoms. The van der Waals surface area contributed by atoms with Crippen molar-refractivity contribution in [3.8, 4) is 0 Å². The molecule has 0 aliphatic rings. The maximum atomic E-state index is 10.5. The maximum Gasteiger partial charge on any atom is 0.269 e. The molecule has 0 atom stereocenters. The van der Waals surface area contributed by atoms with Crippen molar-refractivity contribution in [3.63, 3.8) is 0 Å². The summed E-state index contributed by atoms with van der Waals surface area (Å²) in [5.41, 5.74) is 2.53. The third-order valence-electron chi connectivity index (χ3n) is 2.89. The van der Waals surface area contributed by atoms with Crippen LogP contribution in [0.15, 0.2) is 64.0 Å². The fraction of sp³-hybridized carbons (Fsp3) is 0.133. The van der Waals surface area contributed by atoms with E-state index < -0.39 is 4.92 Å². The van der Waals surface area contributed by atoms with Crippen LogP contribution < -0.4 is 4.90 Å². The van der Waals surface area contributed by atoms with E-state index >= 15 is 0 Å². The topological polar surface area (TPSA) is 83.5 Å². The van der Waals surface area contributed by atoms with Gasteiger partial charge in [-0.05, 0) is 47.2 Å². The summed E-state index contributed by atoms with van der Waals surface area (Å²) < 4.78 is 0. The van der Waals surface area contributed by atoms with E-state index in [0.29, 0.717) is 11.3 Å². The van der Waals surface area contributed by atoms with Gasteiger partial charge in [-0.1, -0.05) is 0 Å². The second-order valence-corrected chi connectivity index (χ2v) is 4.69. The highest BCUT2D eigenvalue weighted by Gasteiger charge is 2.02. The molecular weight excluding hydrogens is 282 g/mol. The fourth-order valence-electron chi connectivity index (χ4n) is 1.67. The first-order valence-electron chi connectivity index (χ1n) is 6.52. The lowest BCUT2D eigenvalue weighted by Crippen LogP contribution is -2.07. The molecule has 0 aromatic heterocycles. The fourth-order valence-corrected chi connectivity index (χ4v) is 1.67. The predicted molar refractivity (Wildman–Crippen MR) is 86.0 cm³/mol. The molecule has 22 heavy (non-hydrogen) atoms. The van der Waals surface area contributed by atoms with Crippen LogP contribution in [0.5, 0.6) is 0 Å². The third-order valence-corrected chi connectivity index (χ3v) is 2.89. The molecule has 112 valence electrons. The number of hydrogen-bond donors (Lipinski definition) is 0. The lowest BCUT2D eigenvalue weighted by atomic mass is 10.2. The number of rotatable bonds is 5. The molecule has 0 radical (unpaired) electrons. The van der Waals surface area contributed by atoms with E-state index in [1.807, 2.05) is 43.3 Å². The lowest BCUT2D eigenvalue weighted by Gasteiger charge is -2.11. The largest absolute Gasteiger partial charge is 0.378 e. The van der Waals surface area contributed by atoms with Crippen molar-refractivity contribution in [1.29, 1.82) is 0 Å². The van der Waals surface area contributed by atoms with Crippen molar-refractivity contribution >= 4 is 23.3 Å². The van der Waals surface area contributed by atoms with E-state index in [2.05, 4.69) is 15.4 Å². The molecule has 0 unspecified atom stereocenters. The van der Waals surface area contributed by atoms with E-state index in [1.165, 1.54) is 18.3 Å². The van der Waals surface area contributed by atoms with E-state index in [4.69, 9.17) is 0 Å². The van der Waals surface area contributed by atoms with Crippen LogP contribution in [0, 0.1) is 10.1 Å². The highest BCUT2D eigenvalue weighted by molar-refractivity contribution is 5.79. The minimum absolute atomic E-state index is 0.0414. The molecular formula is C15H15N5O2. The smallest absolute Gasteiger partial charge is 0.269 e. The Bertz CT molecular complexity index is 691. The Balaban J connectivity index is 1.97. The second kappa shape index (κ2) is 7.07. The molecule has 0 aliphatic carbocycles. The number of nitro benzene ring substituents is 1. The minimum atomic E-state index is -0.446. The van der Waals surface area contributed by atoms with Gasteiger partial charge in [-0.15, -0.1) is 10.2 Å². The number of anilines is 1. The van der Waals surface area contributed by atoms with Gasteiger partial charge in [0.25, 0.3) is 5.69 Å². The van der Waals surface area contributed by atoms with E-state index in [1.54, 1.807) is 12.1 Å². The first-order chi connectivity index (χ1) is 10.6. The Morgan fingerprint density at radius 2 is 1.68 bits per heavy atom. The summed E-state index contributed by atoms with van der Waals surface area (Å²) in [5.74, 6) is 0. The summed E-state index contributed by atoms with van der Waals surface area (Å²) in [6.07, 6.45) is 1.49. The third kappa shape index (κ3) is 4.20. The van der Waals surface area contributed by atoms with Crippen molar-refractivity contribution < 1.29 is 4.92 Å². The number of hydrogen-bond acceptors (Lipinski definition) is 5. The molecule has 0 fully saturated rings. The highest BCUT2D eigenvalue weighted by atomic mass is 16.6. The van der Waals surface area contributed by atoms with Crippen LogP contribution >= 0.6 is 0 Å². The molecule has 0 amide bonds.